The molecule has 0 aliphatic carbocycles. The molecule has 0 aromatic carbocycles. The molecule has 0 bridgehead atoms. The van der Waals surface area contributed by atoms with Crippen molar-refractivity contribution in [2.24, 2.45) is 11.8 Å². The van der Waals surface area contributed by atoms with E-state index < -0.39 is 6.10 Å². The second kappa shape index (κ2) is 59.7. The van der Waals surface area contributed by atoms with Gasteiger partial charge in [0.15, 0.2) is 6.10 Å². The fourth-order valence-electron chi connectivity index (χ4n) is 10.4. The summed E-state index contributed by atoms with van der Waals surface area (Å²) in [5, 5.41) is 0. The first kappa shape index (κ1) is 71.4. The van der Waals surface area contributed by atoms with Crippen molar-refractivity contribution in [3.63, 3.8) is 0 Å². The fourth-order valence-corrected chi connectivity index (χ4v) is 10.4. The second-order valence-corrected chi connectivity index (χ2v) is 23.8. The number of hydrogen-bond donors (Lipinski definition) is 0. The van der Waals surface area contributed by atoms with Crippen LogP contribution in [0.15, 0.2) is 0 Å². The summed E-state index contributed by atoms with van der Waals surface area (Å²) in [5.74, 6) is 0.905. The molecule has 0 saturated carbocycles. The zero-order chi connectivity index (χ0) is 53.2. The van der Waals surface area contributed by atoms with Crippen molar-refractivity contribution in [1.29, 1.82) is 0 Å². The van der Waals surface area contributed by atoms with Crippen LogP contribution >= 0.6 is 0 Å². The first-order valence-electron chi connectivity index (χ1n) is 33.3. The predicted molar refractivity (Wildman–Crippen MR) is 316 cm³/mol. The van der Waals surface area contributed by atoms with Gasteiger partial charge in [-0.2, -0.15) is 0 Å². The van der Waals surface area contributed by atoms with Gasteiger partial charge in [0.2, 0.25) is 0 Å². The number of ether oxygens (including phenoxy) is 3. The molecule has 2 atom stereocenters. The van der Waals surface area contributed by atoms with Crippen LogP contribution in [0.25, 0.3) is 0 Å². The smallest absolute Gasteiger partial charge is 0.306 e. The number of esters is 3. The largest absolute Gasteiger partial charge is 0.462 e. The third-order valence-corrected chi connectivity index (χ3v) is 15.8. The Hall–Kier alpha value is -1.59. The van der Waals surface area contributed by atoms with Gasteiger partial charge >= 0.3 is 17.9 Å². The molecule has 0 spiro atoms. The Morgan fingerprint density at radius 3 is 0.781 bits per heavy atom. The lowest BCUT2D eigenvalue weighted by molar-refractivity contribution is -0.167. The van der Waals surface area contributed by atoms with E-state index in [1.54, 1.807) is 0 Å². The van der Waals surface area contributed by atoms with Gasteiger partial charge in [0, 0.05) is 19.3 Å². The van der Waals surface area contributed by atoms with Gasteiger partial charge in [0.05, 0.1) is 0 Å². The third-order valence-electron chi connectivity index (χ3n) is 15.8. The monoisotopic (exact) mass is 1030 g/mol. The average molecular weight is 1030 g/mol. The summed E-state index contributed by atoms with van der Waals surface area (Å²) in [4.78, 5) is 38.3. The van der Waals surface area contributed by atoms with Crippen molar-refractivity contribution < 1.29 is 28.6 Å². The Kier molecular flexibility index (Phi) is 58.4. The molecule has 6 nitrogen and oxygen atoms in total. The number of unbranched alkanes of at least 4 members (excludes halogenated alkanes) is 45. The van der Waals surface area contributed by atoms with Crippen LogP contribution in [-0.4, -0.2) is 37.2 Å². The Morgan fingerprint density at radius 2 is 0.521 bits per heavy atom. The van der Waals surface area contributed by atoms with Gasteiger partial charge in [-0.05, 0) is 31.1 Å². The second-order valence-electron chi connectivity index (χ2n) is 23.8. The van der Waals surface area contributed by atoms with Gasteiger partial charge in [-0.3, -0.25) is 14.4 Å². The molecule has 0 aliphatic rings. The van der Waals surface area contributed by atoms with Crippen LogP contribution in [0.2, 0.25) is 0 Å². The molecular weight excluding hydrogens is 901 g/mol. The summed E-state index contributed by atoms with van der Waals surface area (Å²) in [6.45, 7) is 11.5. The van der Waals surface area contributed by atoms with E-state index in [4.69, 9.17) is 14.2 Å². The van der Waals surface area contributed by atoms with Crippen molar-refractivity contribution >= 4 is 17.9 Å². The quantitative estimate of drug-likeness (QED) is 0.0343. The van der Waals surface area contributed by atoms with E-state index in [2.05, 4.69) is 34.6 Å². The molecule has 0 fully saturated rings. The maximum atomic E-state index is 12.9. The minimum atomic E-state index is -0.764. The Labute approximate surface area is 457 Å². The lowest BCUT2D eigenvalue weighted by Gasteiger charge is -2.18. The number of rotatable bonds is 61. The van der Waals surface area contributed by atoms with Crippen molar-refractivity contribution in [3.05, 3.63) is 0 Å². The van der Waals surface area contributed by atoms with Gasteiger partial charge in [-0.15, -0.1) is 0 Å². The molecule has 0 N–H and O–H groups in total. The maximum absolute atomic E-state index is 12.9. The van der Waals surface area contributed by atoms with E-state index in [9.17, 15) is 14.4 Å². The van der Waals surface area contributed by atoms with Crippen molar-refractivity contribution in [2.75, 3.05) is 13.2 Å². The molecule has 0 aliphatic heterocycles. The summed E-state index contributed by atoms with van der Waals surface area (Å²) in [6, 6.07) is 0. The summed E-state index contributed by atoms with van der Waals surface area (Å²) >= 11 is 0. The highest BCUT2D eigenvalue weighted by Crippen LogP contribution is 2.20. The molecule has 434 valence electrons. The van der Waals surface area contributed by atoms with E-state index in [0.717, 1.165) is 69.6 Å². The first-order chi connectivity index (χ1) is 35.8. The first-order valence-corrected chi connectivity index (χ1v) is 33.3. The molecule has 0 saturated heterocycles. The zero-order valence-electron chi connectivity index (χ0n) is 50.3. The zero-order valence-corrected chi connectivity index (χ0v) is 50.3. The number of hydrogen-bond acceptors (Lipinski definition) is 6. The van der Waals surface area contributed by atoms with Crippen molar-refractivity contribution in [1.82, 2.24) is 0 Å². The van der Waals surface area contributed by atoms with Gasteiger partial charge in [-0.25, -0.2) is 0 Å². The number of carbonyl (C=O) groups excluding carboxylic acids is 3. The van der Waals surface area contributed by atoms with Gasteiger partial charge < -0.3 is 14.2 Å². The Balaban J connectivity index is 4.24. The van der Waals surface area contributed by atoms with E-state index >= 15 is 0 Å². The van der Waals surface area contributed by atoms with Crippen LogP contribution in [0.3, 0.4) is 0 Å². The summed E-state index contributed by atoms with van der Waals surface area (Å²) in [6.07, 6.45) is 66.8. The van der Waals surface area contributed by atoms with Crippen LogP contribution in [-0.2, 0) is 28.6 Å². The average Bonchev–Trinajstić information content (AvgIpc) is 3.38. The summed E-state index contributed by atoms with van der Waals surface area (Å²) in [7, 11) is 0. The molecule has 6 heteroatoms. The highest BCUT2D eigenvalue weighted by Gasteiger charge is 2.19. The third kappa shape index (κ3) is 59.5. The van der Waals surface area contributed by atoms with Crippen molar-refractivity contribution in [3.8, 4) is 0 Å². The minimum Gasteiger partial charge on any atom is -0.462 e. The highest BCUT2D eigenvalue weighted by atomic mass is 16.6. The summed E-state index contributed by atoms with van der Waals surface area (Å²) < 4.78 is 17.0. The molecule has 0 radical (unpaired) electrons. The van der Waals surface area contributed by atoms with E-state index in [1.807, 2.05) is 0 Å². The molecule has 1 unspecified atom stereocenters. The van der Waals surface area contributed by atoms with Gasteiger partial charge in [-0.1, -0.05) is 343 Å². The SMILES string of the molecule is CCCCCCCCCCCCCCCCCCCCCC(=O)OC[C@@H](COC(=O)CCCCCCCCCCCCCCCCCCCCC(C)CC)OC(=O)CCCCCCCCCCCCCC(C)C. The summed E-state index contributed by atoms with van der Waals surface area (Å²) in [5.41, 5.74) is 0. The van der Waals surface area contributed by atoms with E-state index in [1.165, 1.54) is 270 Å². The van der Waals surface area contributed by atoms with Crippen LogP contribution in [0, 0.1) is 11.8 Å². The molecular formula is C67H130O6. The van der Waals surface area contributed by atoms with E-state index in [0.29, 0.717) is 19.3 Å². The Morgan fingerprint density at radius 1 is 0.288 bits per heavy atom. The van der Waals surface area contributed by atoms with E-state index in [-0.39, 0.29) is 31.1 Å². The molecule has 0 rings (SSSR count). The maximum Gasteiger partial charge on any atom is 0.306 e. The lowest BCUT2D eigenvalue weighted by atomic mass is 9.99. The minimum absolute atomic E-state index is 0.0619. The predicted octanol–water partition coefficient (Wildman–Crippen LogP) is 22.4. The van der Waals surface area contributed by atoms with Crippen LogP contribution in [0.4, 0.5) is 0 Å². The normalized spacial score (nSPS) is 12.4. The van der Waals surface area contributed by atoms with Gasteiger partial charge in [0.25, 0.3) is 0 Å². The standard InChI is InChI=1S/C67H130O6/c1-6-8-9-10-11-12-13-14-15-16-17-21-24-27-32-37-42-47-52-57-65(68)71-60-64(73-67(70)59-54-49-44-39-34-29-30-35-40-45-50-55-62(3)4)61-72-66(69)58-53-48-43-38-33-28-25-22-19-18-20-23-26-31-36-41-46-51-56-63(5)7-2/h62-64H,6-61H2,1-5H3/t63?,64-/m0/s1. The molecule has 73 heavy (non-hydrogen) atoms. The van der Waals surface area contributed by atoms with Crippen molar-refractivity contribution in [2.45, 2.75) is 387 Å². The fraction of sp³-hybridized carbons (Fsp3) is 0.955. The topological polar surface area (TPSA) is 78.9 Å². The van der Waals surface area contributed by atoms with Crippen LogP contribution < -0.4 is 0 Å². The number of carbonyl (C=O) groups is 3. The Bertz CT molecular complexity index is 1120. The molecule has 0 aromatic heterocycles. The molecule has 0 amide bonds. The van der Waals surface area contributed by atoms with Crippen LogP contribution in [0.1, 0.15) is 381 Å². The van der Waals surface area contributed by atoms with Gasteiger partial charge in [0.1, 0.15) is 13.2 Å². The molecule has 0 heterocycles. The highest BCUT2D eigenvalue weighted by molar-refractivity contribution is 5.71. The van der Waals surface area contributed by atoms with Crippen LogP contribution in [0.5, 0.6) is 0 Å². The lowest BCUT2D eigenvalue weighted by Crippen LogP contribution is -2.30. The molecule has 0 aromatic rings.